The van der Waals surface area contributed by atoms with Gasteiger partial charge in [-0.15, -0.1) is 15.0 Å². The van der Waals surface area contributed by atoms with Gasteiger partial charge in [0.2, 0.25) is 0 Å². The number of aromatic nitrogens is 4. The Morgan fingerprint density at radius 1 is 1.29 bits per heavy atom. The number of carbonyl (C=O) groups is 2. The average Bonchev–Trinajstić information content (AvgIpc) is 3.12. The summed E-state index contributed by atoms with van der Waals surface area (Å²) < 4.78 is 5.05. The lowest BCUT2D eigenvalue weighted by Gasteiger charge is -2.30. The number of esters is 1. The van der Waals surface area contributed by atoms with E-state index in [-0.39, 0.29) is 23.6 Å². The van der Waals surface area contributed by atoms with Gasteiger partial charge in [-0.2, -0.15) is 0 Å². The summed E-state index contributed by atoms with van der Waals surface area (Å²) in [5, 5.41) is 11.9. The molecular weight excluding hydrogens is 310 g/mol. The van der Waals surface area contributed by atoms with E-state index >= 15 is 0 Å². The maximum Gasteiger partial charge on any atom is 0.310 e. The maximum absolute atomic E-state index is 12.6. The zero-order chi connectivity index (χ0) is 16.9. The number of benzene rings is 1. The molecule has 1 saturated heterocycles. The summed E-state index contributed by atoms with van der Waals surface area (Å²) in [6, 6.07) is 9.25. The van der Waals surface area contributed by atoms with Gasteiger partial charge in [-0.05, 0) is 37.1 Å². The molecule has 1 aliphatic heterocycles. The monoisotopic (exact) mass is 329 g/mol. The van der Waals surface area contributed by atoms with E-state index in [0.717, 1.165) is 18.5 Å². The Bertz CT molecular complexity index is 716. The quantitative estimate of drug-likeness (QED) is 0.780. The third-order valence-electron chi connectivity index (χ3n) is 3.92. The van der Waals surface area contributed by atoms with Gasteiger partial charge in [0.25, 0.3) is 11.7 Å². The van der Waals surface area contributed by atoms with Crippen LogP contribution in [0, 0.1) is 5.92 Å². The van der Waals surface area contributed by atoms with Gasteiger partial charge in [-0.1, -0.05) is 18.2 Å². The highest BCUT2D eigenvalue weighted by Crippen LogP contribution is 2.19. The number of ether oxygens (including phenoxy) is 1. The molecule has 1 aliphatic rings. The minimum atomic E-state index is -0.314. The largest absolute Gasteiger partial charge is 0.466 e. The van der Waals surface area contributed by atoms with Crippen LogP contribution in [0.25, 0.3) is 5.69 Å². The number of piperidine rings is 1. The minimum absolute atomic E-state index is 0.0309. The normalized spacial score (nSPS) is 17.5. The van der Waals surface area contributed by atoms with Crippen LogP contribution in [0.2, 0.25) is 0 Å². The van der Waals surface area contributed by atoms with E-state index in [1.54, 1.807) is 11.8 Å². The van der Waals surface area contributed by atoms with Crippen molar-refractivity contribution in [2.75, 3.05) is 19.7 Å². The van der Waals surface area contributed by atoms with Gasteiger partial charge >= 0.3 is 5.97 Å². The molecule has 0 aliphatic carbocycles. The zero-order valence-electron chi connectivity index (χ0n) is 13.5. The predicted octanol–water partition coefficient (Wildman–Crippen LogP) is 1.08. The van der Waals surface area contributed by atoms with E-state index in [2.05, 4.69) is 15.4 Å². The van der Waals surface area contributed by atoms with Crippen molar-refractivity contribution in [2.24, 2.45) is 5.92 Å². The molecule has 0 saturated carbocycles. The predicted molar refractivity (Wildman–Crippen MR) is 84.4 cm³/mol. The van der Waals surface area contributed by atoms with Crippen LogP contribution >= 0.6 is 0 Å². The van der Waals surface area contributed by atoms with E-state index in [1.807, 2.05) is 30.3 Å². The van der Waals surface area contributed by atoms with Crippen LogP contribution in [-0.2, 0) is 9.53 Å². The van der Waals surface area contributed by atoms with Crippen molar-refractivity contribution in [1.29, 1.82) is 0 Å². The van der Waals surface area contributed by atoms with Crippen LogP contribution in [0.4, 0.5) is 0 Å². The molecule has 1 atom stereocenters. The summed E-state index contributed by atoms with van der Waals surface area (Å²) in [6.45, 7) is 3.03. The summed E-state index contributed by atoms with van der Waals surface area (Å²) >= 11 is 0. The first-order chi connectivity index (χ1) is 11.7. The Labute approximate surface area is 139 Å². The molecule has 1 aromatic carbocycles. The van der Waals surface area contributed by atoms with Gasteiger partial charge in [0.15, 0.2) is 0 Å². The van der Waals surface area contributed by atoms with Gasteiger partial charge in [0, 0.05) is 13.1 Å². The number of tetrazole rings is 1. The highest BCUT2D eigenvalue weighted by atomic mass is 16.5. The van der Waals surface area contributed by atoms with Gasteiger partial charge in [0.05, 0.1) is 18.2 Å². The summed E-state index contributed by atoms with van der Waals surface area (Å²) in [5.74, 6) is -0.822. The zero-order valence-corrected chi connectivity index (χ0v) is 13.5. The maximum atomic E-state index is 12.6. The average molecular weight is 329 g/mol. The molecule has 0 spiro atoms. The summed E-state index contributed by atoms with van der Waals surface area (Å²) in [7, 11) is 0. The molecule has 0 unspecified atom stereocenters. The first-order valence-corrected chi connectivity index (χ1v) is 8.00. The standard InChI is InChI=1S/C16H19N5O3/c1-2-24-16(23)12-7-6-10-20(11-12)15(22)14-17-19-21(18-14)13-8-4-3-5-9-13/h3-5,8-9,12H,2,6-7,10-11H2,1H3/t12-/m0/s1. The molecule has 0 N–H and O–H groups in total. The summed E-state index contributed by atoms with van der Waals surface area (Å²) in [6.07, 6.45) is 1.48. The number of likely N-dealkylation sites (tertiary alicyclic amines) is 1. The first kappa shape index (κ1) is 16.1. The molecule has 8 heteroatoms. The SMILES string of the molecule is CCOC(=O)[C@H]1CCCN(C(=O)c2nnn(-c3ccccc3)n2)C1. The summed E-state index contributed by atoms with van der Waals surface area (Å²) in [5.41, 5.74) is 0.729. The van der Waals surface area contributed by atoms with Crippen molar-refractivity contribution in [2.45, 2.75) is 19.8 Å². The Morgan fingerprint density at radius 3 is 2.83 bits per heavy atom. The molecule has 1 aromatic heterocycles. The van der Waals surface area contributed by atoms with Crippen LogP contribution in [0.5, 0.6) is 0 Å². The summed E-state index contributed by atoms with van der Waals surface area (Å²) in [4.78, 5) is 27.4. The van der Waals surface area contributed by atoms with Crippen LogP contribution in [0.15, 0.2) is 30.3 Å². The Morgan fingerprint density at radius 2 is 2.08 bits per heavy atom. The molecule has 8 nitrogen and oxygen atoms in total. The molecular formula is C16H19N5O3. The fraction of sp³-hybridized carbons (Fsp3) is 0.438. The van der Waals surface area contributed by atoms with E-state index in [4.69, 9.17) is 4.74 Å². The smallest absolute Gasteiger partial charge is 0.310 e. The third kappa shape index (κ3) is 3.42. The molecule has 1 amide bonds. The fourth-order valence-electron chi connectivity index (χ4n) is 2.73. The fourth-order valence-corrected chi connectivity index (χ4v) is 2.73. The number of rotatable bonds is 4. The van der Waals surface area contributed by atoms with Crippen LogP contribution < -0.4 is 0 Å². The van der Waals surface area contributed by atoms with E-state index in [1.165, 1.54) is 4.80 Å². The highest BCUT2D eigenvalue weighted by molar-refractivity contribution is 5.90. The van der Waals surface area contributed by atoms with Crippen molar-refractivity contribution in [3.8, 4) is 5.69 Å². The topological polar surface area (TPSA) is 90.2 Å². The van der Waals surface area contributed by atoms with Gasteiger partial charge in [-0.25, -0.2) is 0 Å². The number of amides is 1. The second-order valence-corrected chi connectivity index (χ2v) is 5.58. The Hall–Kier alpha value is -2.77. The van der Waals surface area contributed by atoms with Crippen molar-refractivity contribution in [3.05, 3.63) is 36.2 Å². The highest BCUT2D eigenvalue weighted by Gasteiger charge is 2.31. The van der Waals surface area contributed by atoms with Crippen molar-refractivity contribution >= 4 is 11.9 Å². The number of nitrogens with zero attached hydrogens (tertiary/aromatic N) is 5. The molecule has 2 heterocycles. The number of hydrogen-bond acceptors (Lipinski definition) is 6. The van der Waals surface area contributed by atoms with Crippen LogP contribution in [0.3, 0.4) is 0 Å². The molecule has 0 bridgehead atoms. The van der Waals surface area contributed by atoms with Gasteiger partial charge in [0.1, 0.15) is 0 Å². The molecule has 1 fully saturated rings. The number of carbonyl (C=O) groups excluding carboxylic acids is 2. The Kier molecular flexibility index (Phi) is 4.83. The third-order valence-corrected chi connectivity index (χ3v) is 3.92. The molecule has 0 radical (unpaired) electrons. The second-order valence-electron chi connectivity index (χ2n) is 5.58. The van der Waals surface area contributed by atoms with Crippen molar-refractivity contribution < 1.29 is 14.3 Å². The van der Waals surface area contributed by atoms with E-state index in [9.17, 15) is 9.59 Å². The van der Waals surface area contributed by atoms with Crippen LogP contribution in [0.1, 0.15) is 30.4 Å². The molecule has 126 valence electrons. The molecule has 3 rings (SSSR count). The molecule has 24 heavy (non-hydrogen) atoms. The van der Waals surface area contributed by atoms with E-state index in [0.29, 0.717) is 19.7 Å². The number of para-hydroxylation sites is 1. The Balaban J connectivity index is 1.70. The van der Waals surface area contributed by atoms with Crippen molar-refractivity contribution in [3.63, 3.8) is 0 Å². The minimum Gasteiger partial charge on any atom is -0.466 e. The first-order valence-electron chi connectivity index (χ1n) is 8.00. The lowest BCUT2D eigenvalue weighted by molar-refractivity contribution is -0.149. The van der Waals surface area contributed by atoms with Crippen LogP contribution in [-0.4, -0.2) is 56.7 Å². The van der Waals surface area contributed by atoms with E-state index < -0.39 is 0 Å². The lowest BCUT2D eigenvalue weighted by atomic mass is 9.98. The van der Waals surface area contributed by atoms with Gasteiger partial charge in [-0.3, -0.25) is 9.59 Å². The number of hydrogen-bond donors (Lipinski definition) is 0. The van der Waals surface area contributed by atoms with Gasteiger partial charge < -0.3 is 9.64 Å². The second kappa shape index (κ2) is 7.20. The lowest BCUT2D eigenvalue weighted by Crippen LogP contribution is -2.43. The molecule has 2 aromatic rings. The van der Waals surface area contributed by atoms with Crippen molar-refractivity contribution in [1.82, 2.24) is 25.1 Å².